The van der Waals surface area contributed by atoms with E-state index in [4.69, 9.17) is 31.0 Å². The first-order valence-electron chi connectivity index (χ1n) is 38.4. The molecule has 12 aromatic rings. The van der Waals surface area contributed by atoms with Crippen LogP contribution in [-0.2, 0) is 54.1 Å². The third kappa shape index (κ3) is 20.4. The highest BCUT2D eigenvalue weighted by atomic mass is 32.2. The molecule has 0 unspecified atom stereocenters. The molecule has 3 aliphatic rings. The summed E-state index contributed by atoms with van der Waals surface area (Å²) in [6.07, 6.45) is -2.10. The molecule has 15 rings (SSSR count). The Kier molecular flexibility index (Phi) is 26.9. The third-order valence-electron chi connectivity index (χ3n) is 21.1. The van der Waals surface area contributed by atoms with Crippen molar-refractivity contribution in [2.75, 3.05) is 93.9 Å². The molecule has 652 valence electrons. The van der Waals surface area contributed by atoms with Gasteiger partial charge in [0, 0.05) is 139 Å². The highest BCUT2D eigenvalue weighted by Crippen LogP contribution is 2.44. The smallest absolute Gasteiger partial charge is 0.370 e. The number of nitrogens with two attached hydrogens (primary N) is 1. The number of amides is 1. The molecule has 0 radical (unpaired) electrons. The van der Waals surface area contributed by atoms with E-state index < -0.39 is 81.3 Å². The first kappa shape index (κ1) is 90.4. The van der Waals surface area contributed by atoms with E-state index in [1.807, 2.05) is 29.5 Å². The zero-order valence-corrected chi connectivity index (χ0v) is 71.9. The van der Waals surface area contributed by atoms with Gasteiger partial charge in [-0.05, 0) is 148 Å². The molecule has 0 saturated carbocycles. The van der Waals surface area contributed by atoms with Gasteiger partial charge in [-0.1, -0.05) is 22.7 Å². The number of aromatic nitrogens is 12. The van der Waals surface area contributed by atoms with E-state index in [-0.39, 0.29) is 88.5 Å². The van der Waals surface area contributed by atoms with Gasteiger partial charge in [-0.15, -0.1) is 11.3 Å². The summed E-state index contributed by atoms with van der Waals surface area (Å²) in [5.74, 6) is -4.69. The van der Waals surface area contributed by atoms with Crippen molar-refractivity contribution >= 4 is 131 Å². The van der Waals surface area contributed by atoms with Crippen LogP contribution in [0.5, 0.6) is 0 Å². The van der Waals surface area contributed by atoms with Crippen molar-refractivity contribution in [1.82, 2.24) is 71.7 Å². The number of carbonyl (C=O) groups excluding carboxylic acids is 3. The van der Waals surface area contributed by atoms with Gasteiger partial charge in [-0.25, -0.2) is 81.2 Å². The second-order valence-corrected chi connectivity index (χ2v) is 38.3. The number of primary amides is 1. The Labute approximate surface area is 716 Å². The van der Waals surface area contributed by atoms with Gasteiger partial charge in [0.25, 0.3) is 11.6 Å². The Hall–Kier alpha value is -11.3. The number of hydrogen-bond acceptors (Lipinski definition) is 26. The van der Waals surface area contributed by atoms with Gasteiger partial charge < -0.3 is 20.4 Å². The molecule has 3 saturated heterocycles. The van der Waals surface area contributed by atoms with E-state index in [2.05, 4.69) is 32.1 Å². The van der Waals surface area contributed by atoms with Crippen LogP contribution in [0, 0.1) is 40.1 Å². The van der Waals surface area contributed by atoms with E-state index in [0.717, 1.165) is 41.2 Å². The van der Waals surface area contributed by atoms with E-state index in [1.165, 1.54) is 98.2 Å². The van der Waals surface area contributed by atoms with Crippen LogP contribution in [0.25, 0.3) is 50.7 Å². The normalized spacial score (nSPS) is 15.1. The quantitative estimate of drug-likeness (QED) is 0.0433. The van der Waals surface area contributed by atoms with Gasteiger partial charge in [-0.2, -0.15) is 65.7 Å². The number of sulfonamides is 3. The van der Waals surface area contributed by atoms with Crippen molar-refractivity contribution in [3.05, 3.63) is 176 Å². The third-order valence-corrected chi connectivity index (χ3v) is 28.1. The molecular weight excluding hydrogens is 1750 g/mol. The highest BCUT2D eigenvalue weighted by Gasteiger charge is 2.45. The number of ketones is 2. The fourth-order valence-electron chi connectivity index (χ4n) is 14.7. The van der Waals surface area contributed by atoms with Gasteiger partial charge in [0.2, 0.25) is 36.0 Å². The minimum atomic E-state index is -5.17. The predicted molar refractivity (Wildman–Crippen MR) is 447 cm³/mol. The number of piperidine rings is 3. The van der Waals surface area contributed by atoms with Gasteiger partial charge in [0.15, 0.2) is 49.8 Å². The lowest BCUT2D eigenvalue weighted by atomic mass is 9.94. The predicted octanol–water partition coefficient (Wildman–Crippen LogP) is 13.5. The first-order valence-corrected chi connectivity index (χ1v) is 46.4. The molecule has 45 heteroatoms. The maximum atomic E-state index is 13.6. The number of hydrogen-bond donors (Lipinski definition) is 1. The van der Waals surface area contributed by atoms with Crippen molar-refractivity contribution in [3.63, 3.8) is 0 Å². The van der Waals surface area contributed by atoms with Crippen LogP contribution in [-0.4, -0.2) is 206 Å². The Morgan fingerprint density at radius 2 is 0.758 bits per heavy atom. The minimum absolute atomic E-state index is 0.0283. The molecule has 3 fully saturated rings. The number of imidazole rings is 3. The van der Waals surface area contributed by atoms with E-state index >= 15 is 0 Å². The minimum Gasteiger partial charge on any atom is -0.370 e. The number of nitriles is 2. The zero-order chi connectivity index (χ0) is 89.2. The summed E-state index contributed by atoms with van der Waals surface area (Å²) in [5, 5.41) is 35.6. The average Bonchev–Trinajstić information content (AvgIpc) is 1.61. The lowest BCUT2D eigenvalue weighted by Gasteiger charge is -2.29. The van der Waals surface area contributed by atoms with Crippen molar-refractivity contribution < 1.29 is 79.2 Å². The molecule has 3 aliphatic heterocycles. The van der Waals surface area contributed by atoms with Crippen LogP contribution in [0.15, 0.2) is 115 Å². The van der Waals surface area contributed by atoms with E-state index in [1.54, 1.807) is 55.0 Å². The van der Waals surface area contributed by atoms with Crippen LogP contribution >= 0.6 is 34.0 Å². The molecule has 9 aromatic heterocycles. The number of halogens is 9. The molecule has 0 bridgehead atoms. The van der Waals surface area contributed by atoms with Crippen molar-refractivity contribution in [3.8, 4) is 45.9 Å². The highest BCUT2D eigenvalue weighted by molar-refractivity contribution is 7.88. The Bertz CT molecular complexity index is 6180. The summed E-state index contributed by atoms with van der Waals surface area (Å²) in [7, 11) is -4.88. The first-order chi connectivity index (χ1) is 58.6. The Morgan fingerprint density at radius 1 is 0.452 bits per heavy atom. The number of nitrogens with zero attached hydrogens (tertiary/aromatic N) is 20. The summed E-state index contributed by atoms with van der Waals surface area (Å²) >= 11 is 2.49. The fraction of sp³-hybridized carbons (Fsp3) is 0.367. The van der Waals surface area contributed by atoms with Crippen LogP contribution in [0.3, 0.4) is 0 Å². The standard InChI is InChI=1S/2C27H25F4N7O3S2.C25H28FN7O3S2/c2*1-36(26-34-22(17-5-7-18(28)8-6-17)23(42-26)24(39)27(29,30)31)25-20(4-3-13-32)33-21-10-9-19(35-38(21)25)16-11-14-37(15-12-16)43(2,40)41;1-31(25-29-21(15-37-25)16-3-5-18(26)6-4-16)24-20(7-9-22(27)34)28-23-10-8-19(30-33(23)24)17-11-13-32(14-12-17)38(2,35)36/h2*5-10,16H,3-4,11-12,14-15H2,1-2H3;3-6,8,10,15,17H,7,9,11-14H2,1-2H3,(H2,27,34). The summed E-state index contributed by atoms with van der Waals surface area (Å²) in [6, 6.07) is 30.4. The van der Waals surface area contributed by atoms with Gasteiger partial charge in [0.1, 0.15) is 27.2 Å². The maximum absolute atomic E-state index is 13.6. The molecule has 3 aromatic carbocycles. The molecule has 0 aliphatic carbocycles. The molecule has 0 spiro atoms. The van der Waals surface area contributed by atoms with Crippen LogP contribution in [0.1, 0.15) is 129 Å². The van der Waals surface area contributed by atoms with Crippen molar-refractivity contribution in [1.29, 1.82) is 10.5 Å². The van der Waals surface area contributed by atoms with E-state index in [0.29, 0.717) is 175 Å². The van der Waals surface area contributed by atoms with Crippen molar-refractivity contribution in [2.24, 2.45) is 5.73 Å². The van der Waals surface area contributed by atoms with Gasteiger partial charge in [0.05, 0.1) is 82.2 Å². The lowest BCUT2D eigenvalue weighted by molar-refractivity contribution is -0.118. The molecular formula is C79H78F9N21O9S6. The molecule has 2 N–H and O–H groups in total. The maximum Gasteiger partial charge on any atom is 0.455 e. The van der Waals surface area contributed by atoms with E-state index in [9.17, 15) is 89.7 Å². The molecule has 30 nitrogen and oxygen atoms in total. The summed E-state index contributed by atoms with van der Waals surface area (Å²) in [6.45, 7) is 2.27. The topological polar surface area (TPSA) is 376 Å². The Morgan fingerprint density at radius 3 is 1.06 bits per heavy atom. The summed E-state index contributed by atoms with van der Waals surface area (Å²) < 4.78 is 203. The second kappa shape index (κ2) is 36.9. The SMILES string of the molecule is CN(c1nc(-c2ccc(F)cc2)c(C(=O)C(F)(F)F)s1)c1c(CCC#N)nc2ccc(C3CCN(S(C)(=O)=O)CC3)nn12.CN(c1nc(-c2ccc(F)cc2)c(C(=O)C(F)(F)F)s1)c1c(CCC#N)nc2ccc(C3CCN(S(C)(=O)=O)CC3)nn12.CN(c1nc(-c2ccc(F)cc2)cs1)c1c(CCC(N)=O)nc2ccc(C3CCN(S(C)(=O)=O)CC3)nn12. The molecule has 124 heavy (non-hydrogen) atoms. The number of rotatable bonds is 24. The number of aryl methyl sites for hydroxylation is 3. The number of thiazole rings is 3. The summed E-state index contributed by atoms with van der Waals surface area (Å²) in [4.78, 5) is 67.4. The summed E-state index contributed by atoms with van der Waals surface area (Å²) in [5.41, 5.74) is 12.0. The number of fused-ring (bicyclic) bond motifs is 3. The number of anilines is 6. The van der Waals surface area contributed by atoms with Gasteiger partial charge >= 0.3 is 12.4 Å². The number of Topliss-reactive ketones (excluding diaryl/α,β-unsaturated/α-hetero) is 2. The molecule has 0 atom stereocenters. The van der Waals surface area contributed by atoms with Gasteiger partial charge in [-0.3, -0.25) is 14.4 Å². The number of alkyl halides is 6. The van der Waals surface area contributed by atoms with Crippen LogP contribution < -0.4 is 20.4 Å². The number of benzene rings is 3. The average molecular weight is 1830 g/mol. The monoisotopic (exact) mass is 1830 g/mol. The lowest BCUT2D eigenvalue weighted by Crippen LogP contribution is -2.37. The molecule has 12 heterocycles. The zero-order valence-electron chi connectivity index (χ0n) is 67.0. The number of carbonyl (C=O) groups is 3. The van der Waals surface area contributed by atoms with Crippen LogP contribution in [0.2, 0.25) is 0 Å². The van der Waals surface area contributed by atoms with Crippen molar-refractivity contribution in [2.45, 2.75) is 107 Å². The van der Waals surface area contributed by atoms with Crippen LogP contribution in [0.4, 0.5) is 72.4 Å². The second-order valence-electron chi connectivity index (χ2n) is 29.5. The fourth-order valence-corrected chi connectivity index (χ4v) is 20.1. The Balaban J connectivity index is 0.000000160. The largest absolute Gasteiger partial charge is 0.455 e. The molecule has 1 amide bonds.